The van der Waals surface area contributed by atoms with Crippen LogP contribution >= 0.6 is 34.8 Å². The van der Waals surface area contributed by atoms with Crippen molar-refractivity contribution in [2.45, 2.75) is 20.3 Å². The summed E-state index contributed by atoms with van der Waals surface area (Å²) in [7, 11) is 3.02. The molecule has 0 atom stereocenters. The minimum Gasteiger partial charge on any atom is -0.504 e. The summed E-state index contributed by atoms with van der Waals surface area (Å²) in [5, 5.41) is 29.4. The summed E-state index contributed by atoms with van der Waals surface area (Å²) < 4.78 is 26.8. The van der Waals surface area contributed by atoms with Crippen molar-refractivity contribution in [3.63, 3.8) is 0 Å². The number of halogens is 3. The van der Waals surface area contributed by atoms with Crippen molar-refractivity contribution in [2.24, 2.45) is 0 Å². The fraction of sp³-hybridized carbons (Fsp3) is 0.459. The molecule has 2 saturated heterocycles. The molecule has 0 aliphatic carbocycles. The van der Waals surface area contributed by atoms with Crippen LogP contribution < -0.4 is 14.2 Å². The van der Waals surface area contributed by atoms with Gasteiger partial charge in [0.2, 0.25) is 0 Å². The Morgan fingerprint density at radius 1 is 0.750 bits per heavy atom. The molecule has 0 radical (unpaired) electrons. The number of fused-ring (bicyclic) bond motifs is 2. The highest BCUT2D eigenvalue weighted by atomic mass is 35.5. The Hall–Kier alpha value is -3.85. The van der Waals surface area contributed by atoms with Crippen molar-refractivity contribution in [3.05, 3.63) is 57.8 Å². The van der Waals surface area contributed by atoms with E-state index in [1.54, 1.807) is 25.3 Å². The van der Waals surface area contributed by atoms with E-state index in [0.29, 0.717) is 66.8 Å². The van der Waals surface area contributed by atoms with E-state index in [1.165, 1.54) is 25.6 Å². The lowest BCUT2D eigenvalue weighted by Gasteiger charge is -2.26. The Labute approximate surface area is 320 Å². The maximum absolute atomic E-state index is 9.55. The normalized spacial score (nSPS) is 14.4. The van der Waals surface area contributed by atoms with Gasteiger partial charge in [0.15, 0.2) is 23.0 Å². The number of hydrogen-bond donors (Lipinski definition) is 1. The predicted molar refractivity (Wildman–Crippen MR) is 204 cm³/mol. The molecule has 52 heavy (non-hydrogen) atoms. The van der Waals surface area contributed by atoms with E-state index in [1.807, 2.05) is 12.1 Å². The molecule has 0 unspecified atom stereocenters. The average molecular weight is 776 g/mol. The number of morpholine rings is 2. The van der Waals surface area contributed by atoms with Gasteiger partial charge >= 0.3 is 0 Å². The number of nitriles is 2. The standard InChI is InChI=1S/C18H20ClN3O3.C11H7ClN2O2.C7H14ClNO.CH4/c1-23-16-9-14-15(21-12-13(11-20)18(14)19)10-17(16)25-6-2-3-22-4-7-24-8-5-22;1-16-10-2-7-8(3-9(10)15)14-5-6(4-13)11(7)12;8-2-1-3-9-4-6-10-7-5-9;/h9-10,12H,2-8H2,1H3;2-3,5,15H,1H3;1-7H2;1H4. The summed E-state index contributed by atoms with van der Waals surface area (Å²) in [6.45, 7) is 10.2. The van der Waals surface area contributed by atoms with E-state index in [0.717, 1.165) is 84.4 Å². The van der Waals surface area contributed by atoms with Gasteiger partial charge in [-0.25, -0.2) is 0 Å². The van der Waals surface area contributed by atoms with Gasteiger partial charge < -0.3 is 28.8 Å². The van der Waals surface area contributed by atoms with Crippen LogP contribution in [0.25, 0.3) is 21.8 Å². The zero-order valence-electron chi connectivity index (χ0n) is 28.7. The van der Waals surface area contributed by atoms with Gasteiger partial charge in [0.05, 0.1) is 79.5 Å². The minimum atomic E-state index is -0.0109. The zero-order valence-corrected chi connectivity index (χ0v) is 30.9. The first-order valence-corrected chi connectivity index (χ1v) is 17.7. The topological polar surface area (TPSA) is 146 Å². The molecule has 0 spiro atoms. The van der Waals surface area contributed by atoms with E-state index in [9.17, 15) is 5.11 Å². The molecule has 0 amide bonds. The number of benzene rings is 2. The first kappa shape index (κ1) is 42.6. The molecule has 6 rings (SSSR count). The molecule has 4 aromatic rings. The third-order valence-electron chi connectivity index (χ3n) is 8.12. The van der Waals surface area contributed by atoms with Crippen molar-refractivity contribution in [3.8, 4) is 35.1 Å². The van der Waals surface area contributed by atoms with Crippen LogP contribution in [0.4, 0.5) is 0 Å². The summed E-state index contributed by atoms with van der Waals surface area (Å²) in [5.74, 6) is 2.27. The van der Waals surface area contributed by atoms with Crippen LogP contribution in [0.2, 0.25) is 10.0 Å². The molecular weight excluding hydrogens is 731 g/mol. The molecule has 0 saturated carbocycles. The zero-order chi connectivity index (χ0) is 36.6. The monoisotopic (exact) mass is 774 g/mol. The second-order valence-corrected chi connectivity index (χ2v) is 12.5. The lowest BCUT2D eigenvalue weighted by Crippen LogP contribution is -2.37. The second-order valence-electron chi connectivity index (χ2n) is 11.4. The molecule has 2 fully saturated rings. The number of phenolic OH excluding ortho intramolecular Hbond substituents is 1. The van der Waals surface area contributed by atoms with Crippen molar-refractivity contribution >= 4 is 56.6 Å². The van der Waals surface area contributed by atoms with Crippen LogP contribution in [0.3, 0.4) is 0 Å². The SMILES string of the molecule is C.COc1cc2c(Cl)c(C#N)cnc2cc1O.COc1cc2c(Cl)c(C#N)cnc2cc1OCCCN1CCOCC1.ClCCCN1CCOCC1. The Balaban J connectivity index is 0.000000231. The smallest absolute Gasteiger partial charge is 0.163 e. The summed E-state index contributed by atoms with van der Waals surface area (Å²) >= 11 is 17.8. The molecule has 15 heteroatoms. The lowest BCUT2D eigenvalue weighted by molar-refractivity contribution is 0.0357. The number of methoxy groups -OCH3 is 2. The number of aromatic nitrogens is 2. The van der Waals surface area contributed by atoms with E-state index in [-0.39, 0.29) is 13.2 Å². The minimum absolute atomic E-state index is 0. The Morgan fingerprint density at radius 3 is 1.71 bits per heavy atom. The summed E-state index contributed by atoms with van der Waals surface area (Å²) in [4.78, 5) is 13.1. The van der Waals surface area contributed by atoms with Gasteiger partial charge in [-0.1, -0.05) is 30.6 Å². The fourth-order valence-corrected chi connectivity index (χ4v) is 5.94. The van der Waals surface area contributed by atoms with Gasteiger partial charge in [-0.2, -0.15) is 10.5 Å². The average Bonchev–Trinajstić information content (AvgIpc) is 3.17. The van der Waals surface area contributed by atoms with Gasteiger partial charge in [-0.15, -0.1) is 11.6 Å². The molecule has 2 aromatic heterocycles. The quantitative estimate of drug-likeness (QED) is 0.132. The number of pyridine rings is 2. The van der Waals surface area contributed by atoms with Gasteiger partial charge in [-0.3, -0.25) is 19.8 Å². The van der Waals surface area contributed by atoms with E-state index >= 15 is 0 Å². The molecule has 280 valence electrons. The van der Waals surface area contributed by atoms with Crippen molar-refractivity contribution in [1.29, 1.82) is 10.5 Å². The first-order chi connectivity index (χ1) is 24.8. The Bertz CT molecular complexity index is 1820. The molecule has 2 aliphatic rings. The third kappa shape index (κ3) is 11.8. The third-order valence-corrected chi connectivity index (χ3v) is 9.20. The number of ether oxygens (including phenoxy) is 5. The number of rotatable bonds is 10. The van der Waals surface area contributed by atoms with Crippen LogP contribution in [0.15, 0.2) is 36.7 Å². The van der Waals surface area contributed by atoms with E-state index in [2.05, 4.69) is 19.8 Å². The van der Waals surface area contributed by atoms with Gasteiger partial charge in [0, 0.05) is 73.9 Å². The Morgan fingerprint density at radius 2 is 1.23 bits per heavy atom. The molecule has 0 bridgehead atoms. The molecule has 12 nitrogen and oxygen atoms in total. The molecule has 2 aromatic carbocycles. The highest BCUT2D eigenvalue weighted by Crippen LogP contribution is 2.36. The predicted octanol–water partition coefficient (Wildman–Crippen LogP) is 6.93. The van der Waals surface area contributed by atoms with Crippen LogP contribution in [-0.4, -0.2) is 117 Å². The molecule has 2 aliphatic heterocycles. The summed E-state index contributed by atoms with van der Waals surface area (Å²) in [6, 6.07) is 10.5. The van der Waals surface area contributed by atoms with Gasteiger partial charge in [-0.05, 0) is 31.5 Å². The fourth-order valence-electron chi connectivity index (χ4n) is 5.34. The highest BCUT2D eigenvalue weighted by molar-refractivity contribution is 6.37. The van der Waals surface area contributed by atoms with Gasteiger partial charge in [0.25, 0.3) is 0 Å². The molecule has 4 heterocycles. The molecular formula is C37H45Cl3N6O6. The maximum Gasteiger partial charge on any atom is 0.163 e. The number of aromatic hydroxyl groups is 1. The van der Waals surface area contributed by atoms with Crippen LogP contribution in [-0.2, 0) is 9.47 Å². The summed E-state index contributed by atoms with van der Waals surface area (Å²) in [5.41, 5.74) is 1.83. The lowest BCUT2D eigenvalue weighted by atomic mass is 10.1. The number of alkyl halides is 1. The van der Waals surface area contributed by atoms with E-state index < -0.39 is 0 Å². The maximum atomic E-state index is 9.55. The number of nitrogens with zero attached hydrogens (tertiary/aromatic N) is 6. The molecule has 1 N–H and O–H groups in total. The highest BCUT2D eigenvalue weighted by Gasteiger charge is 2.15. The second kappa shape index (κ2) is 22.3. The van der Waals surface area contributed by atoms with E-state index in [4.69, 9.17) is 69.0 Å². The first-order valence-electron chi connectivity index (χ1n) is 16.4. The van der Waals surface area contributed by atoms with Crippen LogP contribution in [0, 0.1) is 22.7 Å². The van der Waals surface area contributed by atoms with Crippen LogP contribution in [0.1, 0.15) is 31.4 Å². The largest absolute Gasteiger partial charge is 0.504 e. The summed E-state index contributed by atoms with van der Waals surface area (Å²) in [6.07, 6.45) is 4.86. The van der Waals surface area contributed by atoms with Gasteiger partial charge in [0.1, 0.15) is 12.1 Å². The van der Waals surface area contributed by atoms with Crippen molar-refractivity contribution < 1.29 is 28.8 Å². The number of phenols is 1. The Kier molecular flexibility index (Phi) is 18.2. The van der Waals surface area contributed by atoms with Crippen molar-refractivity contribution in [2.75, 3.05) is 92.4 Å². The van der Waals surface area contributed by atoms with Crippen LogP contribution in [0.5, 0.6) is 23.0 Å². The van der Waals surface area contributed by atoms with Crippen molar-refractivity contribution in [1.82, 2.24) is 19.8 Å². The number of hydrogen-bond acceptors (Lipinski definition) is 12.